The Kier molecular flexibility index (Phi) is 2.56. The quantitative estimate of drug-likeness (QED) is 0.810. The van der Waals surface area contributed by atoms with Gasteiger partial charge in [0.2, 0.25) is 10.0 Å². The van der Waals surface area contributed by atoms with Crippen LogP contribution in [0.5, 0.6) is 0 Å². The highest BCUT2D eigenvalue weighted by Gasteiger charge is 2.27. The van der Waals surface area contributed by atoms with E-state index in [0.29, 0.717) is 5.92 Å². The van der Waals surface area contributed by atoms with E-state index in [1.807, 2.05) is 17.8 Å². The van der Waals surface area contributed by atoms with Crippen LogP contribution in [0.2, 0.25) is 0 Å². The van der Waals surface area contributed by atoms with E-state index < -0.39 is 10.0 Å². The molecule has 84 valence electrons. The second-order valence-electron chi connectivity index (χ2n) is 4.05. The third kappa shape index (κ3) is 2.79. The van der Waals surface area contributed by atoms with E-state index in [1.54, 1.807) is 0 Å². The maximum atomic E-state index is 10.9. The van der Waals surface area contributed by atoms with Crippen LogP contribution in [0.25, 0.3) is 0 Å². The highest BCUT2D eigenvalue weighted by molar-refractivity contribution is 7.88. The fourth-order valence-electron chi connectivity index (χ4n) is 1.60. The first-order chi connectivity index (χ1) is 6.96. The molecule has 0 saturated heterocycles. The van der Waals surface area contributed by atoms with Crippen LogP contribution in [0, 0.1) is 0 Å². The largest absolute Gasteiger partial charge is 0.272 e. The smallest absolute Gasteiger partial charge is 0.209 e. The maximum absolute atomic E-state index is 10.9. The van der Waals surface area contributed by atoms with Gasteiger partial charge in [0.25, 0.3) is 0 Å². The molecular weight excluding hydrogens is 214 g/mol. The van der Waals surface area contributed by atoms with Crippen molar-refractivity contribution in [1.29, 1.82) is 0 Å². The average Bonchev–Trinajstić information content (AvgIpc) is 2.87. The Hall–Kier alpha value is -0.880. The molecule has 6 heteroatoms. The molecule has 0 spiro atoms. The van der Waals surface area contributed by atoms with Crippen molar-refractivity contribution in [3.8, 4) is 0 Å². The van der Waals surface area contributed by atoms with Gasteiger partial charge in [-0.05, 0) is 18.9 Å². The highest BCUT2D eigenvalue weighted by atomic mass is 32.2. The van der Waals surface area contributed by atoms with Crippen LogP contribution in [0.15, 0.2) is 6.07 Å². The van der Waals surface area contributed by atoms with Gasteiger partial charge in [0.05, 0.1) is 18.5 Å². The van der Waals surface area contributed by atoms with Crippen molar-refractivity contribution in [2.24, 2.45) is 7.05 Å². The third-order valence-electron chi connectivity index (χ3n) is 2.48. The molecule has 0 unspecified atom stereocenters. The number of nitrogens with one attached hydrogen (secondary N) is 1. The summed E-state index contributed by atoms with van der Waals surface area (Å²) < 4.78 is 26.1. The van der Waals surface area contributed by atoms with Gasteiger partial charge < -0.3 is 0 Å². The minimum Gasteiger partial charge on any atom is -0.272 e. The third-order valence-corrected chi connectivity index (χ3v) is 3.15. The Morgan fingerprint density at radius 1 is 1.60 bits per heavy atom. The molecule has 0 amide bonds. The fraction of sp³-hybridized carbons (Fsp3) is 0.667. The van der Waals surface area contributed by atoms with Gasteiger partial charge in [-0.3, -0.25) is 4.68 Å². The van der Waals surface area contributed by atoms with Crippen molar-refractivity contribution in [3.05, 3.63) is 17.5 Å². The van der Waals surface area contributed by atoms with Crippen molar-refractivity contribution in [2.75, 3.05) is 6.26 Å². The predicted octanol–water partition coefficient (Wildman–Crippen LogP) is 0.347. The zero-order valence-electron chi connectivity index (χ0n) is 8.90. The highest BCUT2D eigenvalue weighted by Crippen LogP contribution is 2.39. The fourth-order valence-corrected chi connectivity index (χ4v) is 2.01. The van der Waals surface area contributed by atoms with E-state index in [0.717, 1.165) is 11.9 Å². The molecule has 2 rings (SSSR count). The molecule has 15 heavy (non-hydrogen) atoms. The molecule has 1 fully saturated rings. The molecule has 1 aromatic rings. The van der Waals surface area contributed by atoms with Gasteiger partial charge in [-0.2, -0.15) is 5.10 Å². The molecule has 1 aliphatic rings. The Morgan fingerprint density at radius 2 is 2.27 bits per heavy atom. The van der Waals surface area contributed by atoms with Crippen LogP contribution in [0.1, 0.15) is 30.1 Å². The zero-order valence-corrected chi connectivity index (χ0v) is 9.71. The van der Waals surface area contributed by atoms with E-state index in [9.17, 15) is 8.42 Å². The van der Waals surface area contributed by atoms with Crippen LogP contribution in [-0.2, 0) is 23.6 Å². The summed E-state index contributed by atoms with van der Waals surface area (Å²) in [5.74, 6) is 0.634. The Labute approximate surface area is 89.5 Å². The van der Waals surface area contributed by atoms with Gasteiger partial charge in [-0.25, -0.2) is 13.1 Å². The second kappa shape index (κ2) is 3.61. The number of aryl methyl sites for hydroxylation is 1. The molecule has 1 saturated carbocycles. The zero-order chi connectivity index (χ0) is 11.1. The van der Waals surface area contributed by atoms with Crippen LogP contribution in [0.3, 0.4) is 0 Å². The lowest BCUT2D eigenvalue weighted by Gasteiger charge is -1.97. The van der Waals surface area contributed by atoms with Gasteiger partial charge in [-0.1, -0.05) is 0 Å². The molecule has 1 aromatic heterocycles. The molecule has 1 N–H and O–H groups in total. The van der Waals surface area contributed by atoms with E-state index in [2.05, 4.69) is 9.82 Å². The lowest BCUT2D eigenvalue weighted by Crippen LogP contribution is -2.21. The molecule has 1 heterocycles. The van der Waals surface area contributed by atoms with Crippen LogP contribution < -0.4 is 4.72 Å². The first-order valence-corrected chi connectivity index (χ1v) is 6.82. The van der Waals surface area contributed by atoms with Crippen LogP contribution >= 0.6 is 0 Å². The van der Waals surface area contributed by atoms with Gasteiger partial charge in [0.15, 0.2) is 0 Å². The van der Waals surface area contributed by atoms with Gasteiger partial charge >= 0.3 is 0 Å². The lowest BCUT2D eigenvalue weighted by molar-refractivity contribution is 0.585. The summed E-state index contributed by atoms with van der Waals surface area (Å²) in [6, 6.07) is 1.98. The molecule has 0 bridgehead atoms. The molecule has 0 aliphatic heterocycles. The SMILES string of the molecule is Cn1nc(CNS(C)(=O)=O)cc1C1CC1. The second-order valence-corrected chi connectivity index (χ2v) is 5.88. The van der Waals surface area contributed by atoms with E-state index in [4.69, 9.17) is 0 Å². The molecule has 5 nitrogen and oxygen atoms in total. The number of aromatic nitrogens is 2. The number of hydrogen-bond donors (Lipinski definition) is 1. The minimum atomic E-state index is -3.13. The summed E-state index contributed by atoms with van der Waals surface area (Å²) >= 11 is 0. The van der Waals surface area contributed by atoms with Crippen LogP contribution in [0.4, 0.5) is 0 Å². The molecule has 1 aliphatic carbocycles. The first kappa shape index (κ1) is 10.6. The average molecular weight is 229 g/mol. The standard InChI is InChI=1S/C9H15N3O2S/c1-12-9(7-3-4-7)5-8(11-12)6-10-15(2,13)14/h5,7,10H,3-4,6H2,1-2H3. The molecular formula is C9H15N3O2S. The van der Waals surface area contributed by atoms with Gasteiger partial charge in [0, 0.05) is 18.7 Å². The Balaban J connectivity index is 2.06. The first-order valence-electron chi connectivity index (χ1n) is 4.93. The number of nitrogens with zero attached hydrogens (tertiary/aromatic N) is 2. The normalized spacial score (nSPS) is 16.9. The van der Waals surface area contributed by atoms with Gasteiger partial charge in [0.1, 0.15) is 0 Å². The summed E-state index contributed by atoms with van der Waals surface area (Å²) in [5, 5.41) is 4.26. The van der Waals surface area contributed by atoms with Crippen molar-refractivity contribution in [3.63, 3.8) is 0 Å². The van der Waals surface area contributed by atoms with Crippen molar-refractivity contribution >= 4 is 10.0 Å². The lowest BCUT2D eigenvalue weighted by atomic mass is 10.2. The number of sulfonamides is 1. The van der Waals surface area contributed by atoms with E-state index in [-0.39, 0.29) is 6.54 Å². The van der Waals surface area contributed by atoms with E-state index >= 15 is 0 Å². The summed E-state index contributed by atoms with van der Waals surface area (Å²) in [6.07, 6.45) is 3.59. The Morgan fingerprint density at radius 3 is 2.80 bits per heavy atom. The van der Waals surface area contributed by atoms with Crippen molar-refractivity contribution < 1.29 is 8.42 Å². The topological polar surface area (TPSA) is 64.0 Å². The monoisotopic (exact) mass is 229 g/mol. The molecule has 0 atom stereocenters. The summed E-state index contributed by atoms with van der Waals surface area (Å²) in [5.41, 5.74) is 1.99. The number of rotatable bonds is 4. The summed E-state index contributed by atoms with van der Waals surface area (Å²) in [6.45, 7) is 0.277. The van der Waals surface area contributed by atoms with Crippen molar-refractivity contribution in [2.45, 2.75) is 25.3 Å². The summed E-state index contributed by atoms with van der Waals surface area (Å²) in [4.78, 5) is 0. The minimum absolute atomic E-state index is 0.277. The Bertz CT molecular complexity index is 460. The molecule has 0 aromatic carbocycles. The summed E-state index contributed by atoms with van der Waals surface area (Å²) in [7, 11) is -1.23. The maximum Gasteiger partial charge on any atom is 0.209 e. The molecule has 0 radical (unpaired) electrons. The number of hydrogen-bond acceptors (Lipinski definition) is 3. The van der Waals surface area contributed by atoms with Crippen LogP contribution in [-0.4, -0.2) is 24.5 Å². The van der Waals surface area contributed by atoms with Gasteiger partial charge in [-0.15, -0.1) is 0 Å². The predicted molar refractivity (Wildman–Crippen MR) is 56.9 cm³/mol. The van der Waals surface area contributed by atoms with E-state index in [1.165, 1.54) is 18.5 Å². The van der Waals surface area contributed by atoms with Crippen molar-refractivity contribution in [1.82, 2.24) is 14.5 Å².